The SMILES string of the molecule is O=C(CSc1nnc(-c2cccs2)n1C[C@@H]1CCCO1)Nc1ccc(Cl)cn1. The average molecular weight is 436 g/mol. The van der Waals surface area contributed by atoms with E-state index in [1.165, 1.54) is 18.0 Å². The zero-order valence-corrected chi connectivity index (χ0v) is 17.3. The predicted molar refractivity (Wildman–Crippen MR) is 111 cm³/mol. The summed E-state index contributed by atoms with van der Waals surface area (Å²) >= 11 is 8.78. The number of aromatic nitrogens is 4. The van der Waals surface area contributed by atoms with Crippen LogP contribution in [0.15, 0.2) is 41.0 Å². The molecule has 1 atom stereocenters. The highest BCUT2D eigenvalue weighted by atomic mass is 35.5. The van der Waals surface area contributed by atoms with Gasteiger partial charge in [0, 0.05) is 12.8 Å². The molecule has 1 saturated heterocycles. The van der Waals surface area contributed by atoms with E-state index in [1.807, 2.05) is 17.5 Å². The Morgan fingerprint density at radius 2 is 2.32 bits per heavy atom. The minimum absolute atomic E-state index is 0.154. The van der Waals surface area contributed by atoms with Crippen LogP contribution < -0.4 is 5.32 Å². The van der Waals surface area contributed by atoms with Crippen molar-refractivity contribution >= 4 is 46.4 Å². The molecule has 1 aliphatic rings. The molecule has 0 radical (unpaired) electrons. The third-order valence-electron chi connectivity index (χ3n) is 4.20. The van der Waals surface area contributed by atoms with Crippen molar-refractivity contribution in [1.29, 1.82) is 0 Å². The third-order valence-corrected chi connectivity index (χ3v) is 6.25. The second kappa shape index (κ2) is 9.04. The second-order valence-corrected chi connectivity index (χ2v) is 8.55. The molecule has 28 heavy (non-hydrogen) atoms. The number of thiophene rings is 1. The van der Waals surface area contributed by atoms with Gasteiger partial charge in [0.05, 0.1) is 28.3 Å². The number of rotatable bonds is 7. The normalized spacial score (nSPS) is 16.4. The van der Waals surface area contributed by atoms with Crippen molar-refractivity contribution in [2.45, 2.75) is 30.6 Å². The van der Waals surface area contributed by atoms with Crippen molar-refractivity contribution in [3.8, 4) is 10.7 Å². The fourth-order valence-corrected chi connectivity index (χ4v) is 4.48. The van der Waals surface area contributed by atoms with Crippen molar-refractivity contribution in [2.24, 2.45) is 0 Å². The molecule has 1 fully saturated rings. The molecule has 1 aliphatic heterocycles. The quantitative estimate of drug-likeness (QED) is 0.565. The van der Waals surface area contributed by atoms with E-state index in [4.69, 9.17) is 16.3 Å². The summed E-state index contributed by atoms with van der Waals surface area (Å²) in [5.41, 5.74) is 0. The minimum Gasteiger partial charge on any atom is -0.376 e. The summed E-state index contributed by atoms with van der Waals surface area (Å²) in [5, 5.41) is 14.7. The molecule has 10 heteroatoms. The number of nitrogens with one attached hydrogen (secondary N) is 1. The van der Waals surface area contributed by atoms with Crippen LogP contribution in [0.25, 0.3) is 10.7 Å². The first-order chi connectivity index (χ1) is 13.7. The van der Waals surface area contributed by atoms with Gasteiger partial charge in [-0.15, -0.1) is 21.5 Å². The molecule has 0 bridgehead atoms. The van der Waals surface area contributed by atoms with Crippen LogP contribution in [0.3, 0.4) is 0 Å². The lowest BCUT2D eigenvalue weighted by Gasteiger charge is -2.14. The molecule has 1 N–H and O–H groups in total. The number of halogens is 1. The Bertz CT molecular complexity index is 924. The van der Waals surface area contributed by atoms with Crippen LogP contribution in [0.1, 0.15) is 12.8 Å². The molecule has 7 nitrogen and oxygen atoms in total. The van der Waals surface area contributed by atoms with E-state index >= 15 is 0 Å². The molecule has 3 aromatic heterocycles. The van der Waals surface area contributed by atoms with E-state index in [9.17, 15) is 4.79 Å². The molecule has 0 aliphatic carbocycles. The number of nitrogens with zero attached hydrogens (tertiary/aromatic N) is 4. The minimum atomic E-state index is -0.163. The van der Waals surface area contributed by atoms with Crippen LogP contribution in [0.4, 0.5) is 5.82 Å². The lowest BCUT2D eigenvalue weighted by atomic mass is 10.2. The fraction of sp³-hybridized carbons (Fsp3) is 0.333. The van der Waals surface area contributed by atoms with Crippen molar-refractivity contribution < 1.29 is 9.53 Å². The molecule has 0 saturated carbocycles. The molecule has 1 amide bonds. The lowest BCUT2D eigenvalue weighted by Crippen LogP contribution is -2.18. The lowest BCUT2D eigenvalue weighted by molar-refractivity contribution is -0.113. The Kier molecular flexibility index (Phi) is 6.26. The Morgan fingerprint density at radius 3 is 3.04 bits per heavy atom. The first kappa shape index (κ1) is 19.4. The number of thioether (sulfide) groups is 1. The summed E-state index contributed by atoms with van der Waals surface area (Å²) in [6, 6.07) is 7.36. The van der Waals surface area contributed by atoms with E-state index in [1.54, 1.807) is 23.5 Å². The van der Waals surface area contributed by atoms with Crippen LogP contribution in [0.5, 0.6) is 0 Å². The number of amides is 1. The van der Waals surface area contributed by atoms with Crippen molar-refractivity contribution in [2.75, 3.05) is 17.7 Å². The van der Waals surface area contributed by atoms with Gasteiger partial charge in [-0.25, -0.2) is 4.98 Å². The fourth-order valence-electron chi connectivity index (χ4n) is 2.90. The molecule has 0 aromatic carbocycles. The van der Waals surface area contributed by atoms with Gasteiger partial charge in [-0.2, -0.15) is 0 Å². The first-order valence-electron chi connectivity index (χ1n) is 8.82. The summed E-state index contributed by atoms with van der Waals surface area (Å²) < 4.78 is 7.84. The Balaban J connectivity index is 1.45. The molecule has 0 unspecified atom stereocenters. The topological polar surface area (TPSA) is 81.9 Å². The third kappa shape index (κ3) is 4.72. The van der Waals surface area contributed by atoms with Gasteiger partial charge in [0.2, 0.25) is 5.91 Å². The molecular formula is C18H18ClN5O2S2. The molecular weight excluding hydrogens is 418 g/mol. The Morgan fingerprint density at radius 1 is 1.39 bits per heavy atom. The van der Waals surface area contributed by atoms with Crippen LogP contribution in [0, 0.1) is 0 Å². The van der Waals surface area contributed by atoms with Crippen molar-refractivity contribution in [1.82, 2.24) is 19.7 Å². The highest BCUT2D eigenvalue weighted by Gasteiger charge is 2.22. The van der Waals surface area contributed by atoms with Gasteiger partial charge in [-0.05, 0) is 36.4 Å². The zero-order chi connectivity index (χ0) is 19.3. The van der Waals surface area contributed by atoms with E-state index in [2.05, 4.69) is 25.1 Å². The summed E-state index contributed by atoms with van der Waals surface area (Å²) in [6.07, 6.45) is 3.74. The number of anilines is 1. The number of carbonyl (C=O) groups excluding carboxylic acids is 1. The van der Waals surface area contributed by atoms with Gasteiger partial charge in [0.15, 0.2) is 11.0 Å². The van der Waals surface area contributed by atoms with Gasteiger partial charge in [0.25, 0.3) is 0 Å². The van der Waals surface area contributed by atoms with Crippen molar-refractivity contribution in [3.63, 3.8) is 0 Å². The van der Waals surface area contributed by atoms with Crippen LogP contribution in [-0.4, -0.2) is 44.1 Å². The highest BCUT2D eigenvalue weighted by molar-refractivity contribution is 7.99. The van der Waals surface area contributed by atoms with Gasteiger partial charge in [-0.1, -0.05) is 29.4 Å². The molecule has 3 aromatic rings. The van der Waals surface area contributed by atoms with E-state index < -0.39 is 0 Å². The zero-order valence-electron chi connectivity index (χ0n) is 14.9. The number of ether oxygens (including phenoxy) is 1. The molecule has 0 spiro atoms. The smallest absolute Gasteiger partial charge is 0.236 e. The maximum absolute atomic E-state index is 12.3. The van der Waals surface area contributed by atoms with Gasteiger partial charge in [0.1, 0.15) is 5.82 Å². The van der Waals surface area contributed by atoms with Gasteiger partial charge < -0.3 is 10.1 Å². The maximum Gasteiger partial charge on any atom is 0.236 e. The van der Waals surface area contributed by atoms with Crippen molar-refractivity contribution in [3.05, 3.63) is 40.9 Å². The summed E-state index contributed by atoms with van der Waals surface area (Å²) in [6.45, 7) is 1.48. The Labute approximate surface area is 175 Å². The van der Waals surface area contributed by atoms with Crippen LogP contribution in [-0.2, 0) is 16.1 Å². The number of pyridine rings is 1. The van der Waals surface area contributed by atoms with Gasteiger partial charge >= 0.3 is 0 Å². The molecule has 4 rings (SSSR count). The summed E-state index contributed by atoms with van der Waals surface area (Å²) in [7, 11) is 0. The summed E-state index contributed by atoms with van der Waals surface area (Å²) in [5.74, 6) is 1.32. The van der Waals surface area contributed by atoms with E-state index in [-0.39, 0.29) is 17.8 Å². The maximum atomic E-state index is 12.3. The van der Waals surface area contributed by atoms with Crippen LogP contribution in [0.2, 0.25) is 5.02 Å². The standard InChI is InChI=1S/C18H18ClN5O2S2/c19-12-5-6-15(20-9-12)21-16(25)11-28-18-23-22-17(14-4-2-8-27-14)24(18)10-13-3-1-7-26-13/h2,4-6,8-9,13H,1,3,7,10-11H2,(H,20,21,25)/t13-/m0/s1. The predicted octanol–water partition coefficient (Wildman–Crippen LogP) is 3.96. The average Bonchev–Trinajstić information content (AvgIpc) is 3.44. The highest BCUT2D eigenvalue weighted by Crippen LogP contribution is 2.29. The van der Waals surface area contributed by atoms with E-state index in [0.29, 0.717) is 22.5 Å². The second-order valence-electron chi connectivity index (χ2n) is 6.23. The molecule has 146 valence electrons. The van der Waals surface area contributed by atoms with Crippen LogP contribution >= 0.6 is 34.7 Å². The van der Waals surface area contributed by atoms with Gasteiger partial charge in [-0.3, -0.25) is 9.36 Å². The largest absolute Gasteiger partial charge is 0.376 e. The molecule has 4 heterocycles. The first-order valence-corrected chi connectivity index (χ1v) is 11.1. The number of hydrogen-bond acceptors (Lipinski definition) is 7. The Hall–Kier alpha value is -1.94. The number of carbonyl (C=O) groups is 1. The number of hydrogen-bond donors (Lipinski definition) is 1. The monoisotopic (exact) mass is 435 g/mol. The summed E-state index contributed by atoms with van der Waals surface area (Å²) in [4.78, 5) is 17.4. The van der Waals surface area contributed by atoms with E-state index in [0.717, 1.165) is 30.2 Å².